The standard InChI is InChI=1S/C40H18F12N8/c1-59-30-12-24-21-7-8-28-34(60(2)36(57-28)18(15-55)16-56)33(21)32(23-6-4-20(38(44,45)46)10-27(23)40(50,51)52)31(25(24)11-29(30)58-35(59)17(13-53)14-54)22-5-3-19(37(41,42)43)9-26(22)39(47,48)49/h3-12,57-58H,1-2H3. The van der Waals surface area contributed by atoms with Crippen molar-refractivity contribution in [3.8, 4) is 46.5 Å². The van der Waals surface area contributed by atoms with Crippen molar-refractivity contribution in [3.05, 3.63) is 106 Å². The molecular weight excluding hydrogens is 820 g/mol. The Labute approximate surface area is 329 Å². The highest BCUT2D eigenvalue weighted by molar-refractivity contribution is 6.28. The lowest BCUT2D eigenvalue weighted by Gasteiger charge is -2.26. The van der Waals surface area contributed by atoms with E-state index in [2.05, 4.69) is 10.6 Å². The number of nitrogens with zero attached hydrogens (tertiary/aromatic N) is 6. The number of nitriles is 4. The van der Waals surface area contributed by atoms with E-state index in [9.17, 15) is 47.4 Å². The highest BCUT2D eigenvalue weighted by Crippen LogP contribution is 2.57. The van der Waals surface area contributed by atoms with E-state index in [4.69, 9.17) is 0 Å². The van der Waals surface area contributed by atoms with E-state index in [-0.39, 0.29) is 80.2 Å². The lowest BCUT2D eigenvalue weighted by molar-refractivity contribution is -0.144. The van der Waals surface area contributed by atoms with Crippen LogP contribution in [-0.2, 0) is 24.7 Å². The second-order valence-corrected chi connectivity index (χ2v) is 13.3. The van der Waals surface area contributed by atoms with Gasteiger partial charge in [-0.3, -0.25) is 0 Å². The zero-order valence-corrected chi connectivity index (χ0v) is 30.0. The average Bonchev–Trinajstić information content (AvgIpc) is 3.67. The molecule has 0 saturated carbocycles. The van der Waals surface area contributed by atoms with Crippen molar-refractivity contribution in [3.63, 3.8) is 0 Å². The van der Waals surface area contributed by atoms with Gasteiger partial charge in [0.1, 0.15) is 35.9 Å². The minimum atomic E-state index is -5.64. The fraction of sp³-hybridized carbons (Fsp3) is 0.150. The van der Waals surface area contributed by atoms with Gasteiger partial charge in [0, 0.05) is 25.0 Å². The zero-order chi connectivity index (χ0) is 44.0. The molecule has 8 nitrogen and oxygen atoms in total. The van der Waals surface area contributed by atoms with Gasteiger partial charge in [-0.25, -0.2) is 0 Å². The summed E-state index contributed by atoms with van der Waals surface area (Å²) in [6.07, 6.45) is -22.0. The summed E-state index contributed by atoms with van der Waals surface area (Å²) < 4.78 is 175. The second-order valence-electron chi connectivity index (χ2n) is 13.3. The number of allylic oxidation sites excluding steroid dienone is 2. The SMILES string of the molecule is CN1C(=C(C#N)C#N)Nc2cc3c(-c4ccc(C(F)(F)F)cc4C(F)(F)F)c(-c4ccc(C(F)(F)F)cc4C(F)(F)F)c4c5c(ccc4c3cc21)NC(=C(C#N)C#N)N5C. The number of anilines is 4. The molecule has 0 aliphatic carbocycles. The molecule has 20 heteroatoms. The Morgan fingerprint density at radius 1 is 0.500 bits per heavy atom. The topological polar surface area (TPSA) is 126 Å². The van der Waals surface area contributed by atoms with Crippen LogP contribution in [-0.4, -0.2) is 14.1 Å². The molecule has 5 aromatic carbocycles. The van der Waals surface area contributed by atoms with Crippen molar-refractivity contribution in [2.24, 2.45) is 0 Å². The van der Waals surface area contributed by atoms with Crippen molar-refractivity contribution in [1.82, 2.24) is 0 Å². The molecule has 7 rings (SSSR count). The molecule has 0 radical (unpaired) electrons. The van der Waals surface area contributed by atoms with E-state index in [0.717, 1.165) is 11.0 Å². The number of alkyl halides is 12. The highest BCUT2D eigenvalue weighted by atomic mass is 19.4. The molecule has 5 aromatic rings. The molecule has 2 heterocycles. The number of hydrogen-bond donors (Lipinski definition) is 2. The molecule has 302 valence electrons. The number of nitrogens with one attached hydrogen (secondary N) is 2. The van der Waals surface area contributed by atoms with Crippen LogP contribution in [0.15, 0.2) is 83.5 Å². The molecule has 0 amide bonds. The summed E-state index contributed by atoms with van der Waals surface area (Å²) >= 11 is 0. The number of halogens is 12. The van der Waals surface area contributed by atoms with Gasteiger partial charge in [-0.05, 0) is 75.3 Å². The first-order valence-corrected chi connectivity index (χ1v) is 16.7. The quantitative estimate of drug-likeness (QED) is 0.102. The first-order valence-electron chi connectivity index (χ1n) is 16.7. The molecule has 60 heavy (non-hydrogen) atoms. The maximum Gasteiger partial charge on any atom is 0.417 e. The molecule has 0 saturated heterocycles. The Balaban J connectivity index is 1.82. The molecule has 0 aromatic heterocycles. The maximum atomic E-state index is 15.2. The Morgan fingerprint density at radius 2 is 0.967 bits per heavy atom. The van der Waals surface area contributed by atoms with Crippen LogP contribution in [0.4, 0.5) is 75.4 Å². The monoisotopic (exact) mass is 838 g/mol. The van der Waals surface area contributed by atoms with Gasteiger partial charge >= 0.3 is 24.7 Å². The normalized spacial score (nSPS) is 13.9. The summed E-state index contributed by atoms with van der Waals surface area (Å²) in [5.74, 6) is -0.360. The smallest absolute Gasteiger partial charge is 0.338 e. The van der Waals surface area contributed by atoms with Gasteiger partial charge in [0.15, 0.2) is 11.1 Å². The fourth-order valence-corrected chi connectivity index (χ4v) is 7.45. The van der Waals surface area contributed by atoms with Crippen LogP contribution in [0.5, 0.6) is 0 Å². The summed E-state index contributed by atoms with van der Waals surface area (Å²) in [6, 6.07) is 12.6. The summed E-state index contributed by atoms with van der Waals surface area (Å²) in [6.45, 7) is 0. The third-order valence-corrected chi connectivity index (χ3v) is 10.0. The molecule has 2 aliphatic rings. The van der Waals surface area contributed by atoms with Crippen molar-refractivity contribution >= 4 is 44.3 Å². The number of fused-ring (bicyclic) bond motifs is 6. The highest BCUT2D eigenvalue weighted by Gasteiger charge is 2.43. The minimum Gasteiger partial charge on any atom is -0.338 e. The van der Waals surface area contributed by atoms with Crippen molar-refractivity contribution in [2.45, 2.75) is 24.7 Å². The summed E-state index contributed by atoms with van der Waals surface area (Å²) in [7, 11) is 2.65. The van der Waals surface area contributed by atoms with Gasteiger partial charge in [0.05, 0.1) is 45.0 Å². The predicted octanol–water partition coefficient (Wildman–Crippen LogP) is 11.6. The lowest BCUT2D eigenvalue weighted by atomic mass is 9.80. The third-order valence-electron chi connectivity index (χ3n) is 10.0. The van der Waals surface area contributed by atoms with E-state index >= 15 is 26.3 Å². The third kappa shape index (κ3) is 6.34. The van der Waals surface area contributed by atoms with E-state index in [1.54, 1.807) is 24.3 Å². The first kappa shape index (κ1) is 40.6. The van der Waals surface area contributed by atoms with Gasteiger partial charge in [0.2, 0.25) is 0 Å². The van der Waals surface area contributed by atoms with Crippen LogP contribution in [0.1, 0.15) is 22.3 Å². The van der Waals surface area contributed by atoms with E-state index in [1.807, 2.05) is 0 Å². The molecule has 0 fully saturated rings. The van der Waals surface area contributed by atoms with Gasteiger partial charge in [0.25, 0.3) is 0 Å². The van der Waals surface area contributed by atoms with Crippen molar-refractivity contribution in [2.75, 3.05) is 34.5 Å². The van der Waals surface area contributed by atoms with Crippen LogP contribution >= 0.6 is 0 Å². The Kier molecular flexibility index (Phi) is 9.13. The largest absolute Gasteiger partial charge is 0.417 e. The molecular formula is C40H18F12N8. The van der Waals surface area contributed by atoms with Gasteiger partial charge in [-0.15, -0.1) is 0 Å². The molecule has 0 unspecified atom stereocenters. The van der Waals surface area contributed by atoms with E-state index in [0.29, 0.717) is 12.1 Å². The van der Waals surface area contributed by atoms with Crippen LogP contribution in [0.2, 0.25) is 0 Å². The maximum absolute atomic E-state index is 15.2. The van der Waals surface area contributed by atoms with Crippen LogP contribution in [0.3, 0.4) is 0 Å². The summed E-state index contributed by atoms with van der Waals surface area (Å²) in [4.78, 5) is 2.45. The number of hydrogen-bond acceptors (Lipinski definition) is 8. The number of rotatable bonds is 2. The zero-order valence-electron chi connectivity index (χ0n) is 30.0. The Morgan fingerprint density at radius 3 is 1.43 bits per heavy atom. The fourth-order valence-electron chi connectivity index (χ4n) is 7.45. The lowest BCUT2D eigenvalue weighted by Crippen LogP contribution is -2.17. The molecule has 2 N–H and O–H groups in total. The van der Waals surface area contributed by atoms with Crippen LogP contribution in [0, 0.1) is 45.3 Å². The van der Waals surface area contributed by atoms with Crippen molar-refractivity contribution in [1.29, 1.82) is 21.0 Å². The number of benzene rings is 5. The average molecular weight is 839 g/mol. The Bertz CT molecular complexity index is 2930. The Hall–Kier alpha value is -7.58. The first-order chi connectivity index (χ1) is 28.0. The minimum absolute atomic E-state index is 0.0312. The van der Waals surface area contributed by atoms with E-state index < -0.39 is 80.4 Å². The second kappa shape index (κ2) is 13.5. The van der Waals surface area contributed by atoms with Crippen LogP contribution < -0.4 is 20.4 Å². The van der Waals surface area contributed by atoms with Crippen LogP contribution in [0.25, 0.3) is 43.8 Å². The molecule has 0 atom stereocenters. The summed E-state index contributed by atoms with van der Waals surface area (Å²) in [5, 5.41) is 43.4. The van der Waals surface area contributed by atoms with Gasteiger partial charge < -0.3 is 20.4 Å². The summed E-state index contributed by atoms with van der Waals surface area (Å²) in [5.41, 5.74) is -12.5. The van der Waals surface area contributed by atoms with Gasteiger partial charge in [-0.2, -0.15) is 73.7 Å². The van der Waals surface area contributed by atoms with Crippen molar-refractivity contribution < 1.29 is 52.7 Å². The molecule has 2 aliphatic heterocycles. The molecule has 0 bridgehead atoms. The predicted molar refractivity (Wildman–Crippen MR) is 193 cm³/mol. The van der Waals surface area contributed by atoms with Gasteiger partial charge in [-0.1, -0.05) is 18.2 Å². The molecule has 0 spiro atoms. The van der Waals surface area contributed by atoms with E-state index in [1.165, 1.54) is 37.2 Å².